The summed E-state index contributed by atoms with van der Waals surface area (Å²) in [5, 5.41) is 2.59. The molecule has 2 saturated heterocycles. The molecule has 1 aromatic rings. The maximum absolute atomic E-state index is 14.5. The number of hydrogen-bond donors (Lipinski definition) is 1. The van der Waals surface area contributed by atoms with Crippen molar-refractivity contribution in [3.05, 3.63) is 24.0 Å². The molecule has 2 aliphatic heterocycles. The van der Waals surface area contributed by atoms with Crippen LogP contribution in [0.3, 0.4) is 0 Å². The number of carbonyl (C=O) groups is 3. The molecule has 8 nitrogen and oxygen atoms in total. The molecule has 1 aromatic carbocycles. The molecule has 1 atom stereocenters. The van der Waals surface area contributed by atoms with Crippen molar-refractivity contribution in [3.63, 3.8) is 0 Å². The second kappa shape index (κ2) is 6.58. The molecule has 0 spiro atoms. The summed E-state index contributed by atoms with van der Waals surface area (Å²) < 4.78 is 19.6. The molecule has 134 valence electrons. The summed E-state index contributed by atoms with van der Waals surface area (Å²) in [5.41, 5.74) is 0.680. The van der Waals surface area contributed by atoms with Crippen molar-refractivity contribution < 1.29 is 23.5 Å². The van der Waals surface area contributed by atoms with Gasteiger partial charge in [-0.05, 0) is 18.2 Å². The minimum Gasteiger partial charge on any atom is -0.442 e. The number of anilines is 2. The van der Waals surface area contributed by atoms with Crippen molar-refractivity contribution in [1.29, 1.82) is 0 Å². The van der Waals surface area contributed by atoms with Crippen LogP contribution in [0.15, 0.2) is 18.2 Å². The van der Waals surface area contributed by atoms with Gasteiger partial charge in [0.1, 0.15) is 11.9 Å². The molecule has 2 heterocycles. The van der Waals surface area contributed by atoms with Gasteiger partial charge in [-0.1, -0.05) is 0 Å². The van der Waals surface area contributed by atoms with Gasteiger partial charge in [-0.15, -0.1) is 0 Å². The first-order valence-electron chi connectivity index (χ1n) is 7.86. The Bertz CT molecular complexity index is 726. The van der Waals surface area contributed by atoms with Gasteiger partial charge in [0.15, 0.2) is 0 Å². The summed E-state index contributed by atoms with van der Waals surface area (Å²) in [5.74, 6) is -0.804. The highest BCUT2D eigenvalue weighted by Crippen LogP contribution is 2.29. The lowest BCUT2D eigenvalue weighted by atomic mass is 10.2. The average Bonchev–Trinajstić information content (AvgIpc) is 3.08. The summed E-state index contributed by atoms with van der Waals surface area (Å²) in [4.78, 5) is 39.0. The monoisotopic (exact) mass is 350 g/mol. The summed E-state index contributed by atoms with van der Waals surface area (Å²) in [6.45, 7) is 2.25. The van der Waals surface area contributed by atoms with Gasteiger partial charge in [-0.2, -0.15) is 0 Å². The normalized spacial score (nSPS) is 20.3. The van der Waals surface area contributed by atoms with E-state index >= 15 is 0 Å². The fraction of sp³-hybridized carbons (Fsp3) is 0.438. The molecule has 1 N–H and O–H groups in total. The molecular formula is C16H19FN4O4. The van der Waals surface area contributed by atoms with Crippen molar-refractivity contribution in [2.75, 3.05) is 43.2 Å². The van der Waals surface area contributed by atoms with Crippen LogP contribution in [0.25, 0.3) is 0 Å². The third-order valence-electron chi connectivity index (χ3n) is 4.17. The lowest BCUT2D eigenvalue weighted by Gasteiger charge is -2.20. The van der Waals surface area contributed by atoms with Gasteiger partial charge in [0.05, 0.1) is 37.7 Å². The molecule has 2 aliphatic rings. The molecule has 1 unspecified atom stereocenters. The fourth-order valence-corrected chi connectivity index (χ4v) is 2.85. The first-order valence-corrected chi connectivity index (χ1v) is 7.86. The minimum absolute atomic E-state index is 0.0765. The Labute approximate surface area is 144 Å². The average molecular weight is 350 g/mol. The van der Waals surface area contributed by atoms with Crippen LogP contribution < -0.4 is 15.1 Å². The molecule has 0 bridgehead atoms. The Morgan fingerprint density at radius 3 is 2.76 bits per heavy atom. The number of halogens is 1. The third kappa shape index (κ3) is 3.49. The van der Waals surface area contributed by atoms with Gasteiger partial charge in [-0.3, -0.25) is 14.5 Å². The maximum Gasteiger partial charge on any atom is 0.414 e. The molecule has 9 heteroatoms. The molecule has 3 rings (SSSR count). The topological polar surface area (TPSA) is 82.2 Å². The highest BCUT2D eigenvalue weighted by molar-refractivity contribution is 5.90. The Kier molecular flexibility index (Phi) is 4.47. The predicted octanol–water partition coefficient (Wildman–Crippen LogP) is 0.523. The number of benzene rings is 1. The van der Waals surface area contributed by atoms with Gasteiger partial charge in [0.25, 0.3) is 0 Å². The first-order chi connectivity index (χ1) is 11.8. The largest absolute Gasteiger partial charge is 0.442 e. The van der Waals surface area contributed by atoms with Crippen molar-refractivity contribution in [2.24, 2.45) is 0 Å². The Morgan fingerprint density at radius 2 is 2.16 bits per heavy atom. The predicted molar refractivity (Wildman–Crippen MR) is 87.7 cm³/mol. The number of nitrogens with zero attached hydrogens (tertiary/aromatic N) is 3. The van der Waals surface area contributed by atoms with Gasteiger partial charge < -0.3 is 19.9 Å². The Morgan fingerprint density at radius 1 is 1.40 bits per heavy atom. The summed E-state index contributed by atoms with van der Waals surface area (Å²) >= 11 is 0. The van der Waals surface area contributed by atoms with E-state index in [1.54, 1.807) is 24.1 Å². The number of likely N-dealkylation sites (N-methyl/N-ethyl adjacent to an activating group) is 1. The number of amides is 3. The lowest BCUT2D eigenvalue weighted by molar-refractivity contribution is -0.125. The van der Waals surface area contributed by atoms with Gasteiger partial charge in [-0.25, -0.2) is 9.18 Å². The minimum atomic E-state index is -0.585. The van der Waals surface area contributed by atoms with Gasteiger partial charge in [0.2, 0.25) is 11.8 Å². The Hall–Kier alpha value is -2.84. The van der Waals surface area contributed by atoms with E-state index in [2.05, 4.69) is 5.32 Å². The summed E-state index contributed by atoms with van der Waals surface area (Å²) in [6.07, 6.45) is -1.07. The van der Waals surface area contributed by atoms with Crippen LogP contribution in [-0.2, 0) is 14.3 Å². The van der Waals surface area contributed by atoms with E-state index in [4.69, 9.17) is 4.74 Å². The molecule has 25 heavy (non-hydrogen) atoms. The molecule has 2 fully saturated rings. The highest BCUT2D eigenvalue weighted by Gasteiger charge is 2.33. The lowest BCUT2D eigenvalue weighted by Crippen LogP contribution is -2.33. The molecular weight excluding hydrogens is 331 g/mol. The van der Waals surface area contributed by atoms with Crippen LogP contribution in [0.4, 0.5) is 20.6 Å². The third-order valence-corrected chi connectivity index (χ3v) is 4.17. The molecule has 0 aliphatic carbocycles. The van der Waals surface area contributed by atoms with Crippen LogP contribution in [0, 0.1) is 5.82 Å². The van der Waals surface area contributed by atoms with E-state index in [9.17, 15) is 18.8 Å². The van der Waals surface area contributed by atoms with Crippen LogP contribution in [0.2, 0.25) is 0 Å². The highest BCUT2D eigenvalue weighted by atomic mass is 19.1. The van der Waals surface area contributed by atoms with Crippen molar-refractivity contribution >= 4 is 29.3 Å². The number of rotatable bonds is 4. The first kappa shape index (κ1) is 17.0. The second-order valence-electron chi connectivity index (χ2n) is 6.12. The molecule has 3 amide bonds. The van der Waals surface area contributed by atoms with Crippen molar-refractivity contribution in [2.45, 2.75) is 13.0 Å². The number of carbonyl (C=O) groups excluding carboxylic acids is 3. The second-order valence-corrected chi connectivity index (χ2v) is 6.12. The quantitative estimate of drug-likeness (QED) is 0.856. The number of nitrogens with one attached hydrogen (secondary N) is 1. The van der Waals surface area contributed by atoms with E-state index in [0.29, 0.717) is 18.0 Å². The number of cyclic esters (lactones) is 1. The van der Waals surface area contributed by atoms with Gasteiger partial charge >= 0.3 is 6.09 Å². The standard InChI is InChI=1S/C16H19FN4O4/c1-10(22)18-6-12-7-21(16(24)25-12)11-3-4-14(13(17)5-11)20-8-15(23)19(2)9-20/h3-5,12H,6-9H2,1-2H3,(H,18,22). The Balaban J connectivity index is 1.71. The maximum atomic E-state index is 14.5. The summed E-state index contributed by atoms with van der Waals surface area (Å²) in [7, 11) is 1.66. The van der Waals surface area contributed by atoms with Crippen molar-refractivity contribution in [1.82, 2.24) is 10.2 Å². The van der Waals surface area contributed by atoms with Crippen LogP contribution in [-0.4, -0.2) is 62.3 Å². The number of ether oxygens (including phenoxy) is 1. The van der Waals surface area contributed by atoms with Crippen LogP contribution in [0.5, 0.6) is 0 Å². The van der Waals surface area contributed by atoms with Crippen LogP contribution >= 0.6 is 0 Å². The van der Waals surface area contributed by atoms with E-state index < -0.39 is 18.0 Å². The van der Waals surface area contributed by atoms with E-state index in [0.717, 1.165) is 0 Å². The van der Waals surface area contributed by atoms with E-state index in [1.165, 1.54) is 22.8 Å². The molecule has 0 saturated carbocycles. The van der Waals surface area contributed by atoms with Gasteiger partial charge in [0, 0.05) is 14.0 Å². The smallest absolute Gasteiger partial charge is 0.414 e. The van der Waals surface area contributed by atoms with Crippen LogP contribution in [0.1, 0.15) is 6.92 Å². The fourth-order valence-electron chi connectivity index (χ4n) is 2.85. The zero-order valence-electron chi connectivity index (χ0n) is 14.0. The van der Waals surface area contributed by atoms with E-state index in [-0.39, 0.29) is 31.4 Å². The molecule has 0 aromatic heterocycles. The van der Waals surface area contributed by atoms with Crippen molar-refractivity contribution in [3.8, 4) is 0 Å². The zero-order chi connectivity index (χ0) is 18.1. The summed E-state index contributed by atoms with van der Waals surface area (Å²) in [6, 6.07) is 4.41. The zero-order valence-corrected chi connectivity index (χ0v) is 14.0. The van der Waals surface area contributed by atoms with E-state index in [1.807, 2.05) is 0 Å². The SMILES string of the molecule is CC(=O)NCC1CN(c2ccc(N3CC(=O)N(C)C3)c(F)c2)C(=O)O1. The molecule has 0 radical (unpaired) electrons. The number of hydrogen-bond acceptors (Lipinski definition) is 5.